The Bertz CT molecular complexity index is 1070. The third-order valence-electron chi connectivity index (χ3n) is 5.52. The second-order valence-electron chi connectivity index (χ2n) is 7.79. The first-order chi connectivity index (χ1) is 15.6. The zero-order valence-electron chi connectivity index (χ0n) is 17.9. The molecule has 1 aliphatic rings. The molecule has 1 aromatic heterocycles. The predicted octanol–water partition coefficient (Wildman–Crippen LogP) is 4.28. The first-order valence-corrected chi connectivity index (χ1v) is 10.6. The minimum atomic E-state index is -0.339. The van der Waals surface area contributed by atoms with Crippen LogP contribution in [-0.4, -0.2) is 35.0 Å². The van der Waals surface area contributed by atoms with Crippen molar-refractivity contribution >= 4 is 34.8 Å². The monoisotopic (exact) mass is 430 g/mol. The standard InChI is InChI=1S/C24H26N6O2/c1-17-7-8-20(28-24(32)27-19-5-3-2-4-6-19)15-21(17)29-23(31)18-9-13-30(14-10-18)22-16-25-11-12-26-22/h2-8,11-12,15-16,18H,9-10,13-14H2,1H3,(H,29,31)(H2,27,28,32). The van der Waals surface area contributed by atoms with E-state index in [1.54, 1.807) is 24.7 Å². The van der Waals surface area contributed by atoms with Crippen molar-refractivity contribution in [3.8, 4) is 0 Å². The number of aromatic nitrogens is 2. The number of nitrogens with one attached hydrogen (secondary N) is 3. The molecule has 2 heterocycles. The highest BCUT2D eigenvalue weighted by molar-refractivity contribution is 6.00. The summed E-state index contributed by atoms with van der Waals surface area (Å²) in [5, 5.41) is 8.64. The summed E-state index contributed by atoms with van der Waals surface area (Å²) in [6, 6.07) is 14.4. The molecule has 0 bridgehead atoms. The summed E-state index contributed by atoms with van der Waals surface area (Å²) in [6.45, 7) is 3.45. The van der Waals surface area contributed by atoms with E-state index in [9.17, 15) is 9.59 Å². The van der Waals surface area contributed by atoms with Gasteiger partial charge in [-0.15, -0.1) is 0 Å². The first kappa shape index (κ1) is 21.3. The second kappa shape index (κ2) is 9.91. The van der Waals surface area contributed by atoms with Gasteiger partial charge in [0.2, 0.25) is 5.91 Å². The van der Waals surface area contributed by atoms with Gasteiger partial charge in [-0.05, 0) is 49.6 Å². The van der Waals surface area contributed by atoms with Crippen molar-refractivity contribution in [2.24, 2.45) is 5.92 Å². The van der Waals surface area contributed by atoms with Crippen LogP contribution in [0, 0.1) is 12.8 Å². The molecule has 4 rings (SSSR count). The van der Waals surface area contributed by atoms with E-state index in [0.29, 0.717) is 17.1 Å². The van der Waals surface area contributed by atoms with Crippen molar-refractivity contribution in [2.45, 2.75) is 19.8 Å². The van der Waals surface area contributed by atoms with Gasteiger partial charge in [0.1, 0.15) is 5.82 Å². The number of rotatable bonds is 5. The Balaban J connectivity index is 1.33. The molecule has 8 nitrogen and oxygen atoms in total. The number of aryl methyl sites for hydroxylation is 1. The Morgan fingerprint density at radius 2 is 1.69 bits per heavy atom. The maximum Gasteiger partial charge on any atom is 0.323 e. The molecule has 32 heavy (non-hydrogen) atoms. The molecule has 1 aliphatic heterocycles. The minimum absolute atomic E-state index is 0.00205. The lowest BCUT2D eigenvalue weighted by Gasteiger charge is -2.32. The summed E-state index contributed by atoms with van der Waals surface area (Å²) in [4.78, 5) is 35.8. The van der Waals surface area contributed by atoms with Gasteiger partial charge in [-0.25, -0.2) is 9.78 Å². The molecule has 1 fully saturated rings. The summed E-state index contributed by atoms with van der Waals surface area (Å²) in [7, 11) is 0. The zero-order valence-corrected chi connectivity index (χ0v) is 17.9. The van der Waals surface area contributed by atoms with Crippen molar-refractivity contribution in [3.05, 3.63) is 72.7 Å². The molecule has 8 heteroatoms. The molecule has 164 valence electrons. The Labute approximate surface area is 187 Å². The fraction of sp³-hybridized carbons (Fsp3) is 0.250. The normalized spacial score (nSPS) is 14.0. The summed E-state index contributed by atoms with van der Waals surface area (Å²) >= 11 is 0. The van der Waals surface area contributed by atoms with Gasteiger partial charge in [0.15, 0.2) is 0 Å². The molecule has 0 unspecified atom stereocenters. The lowest BCUT2D eigenvalue weighted by Crippen LogP contribution is -2.38. The van der Waals surface area contributed by atoms with Crippen LogP contribution in [0.15, 0.2) is 67.1 Å². The van der Waals surface area contributed by atoms with Crippen LogP contribution in [-0.2, 0) is 4.79 Å². The highest BCUT2D eigenvalue weighted by Gasteiger charge is 2.26. The number of carbonyl (C=O) groups is 2. The second-order valence-corrected chi connectivity index (χ2v) is 7.79. The van der Waals surface area contributed by atoms with Crippen molar-refractivity contribution in [1.29, 1.82) is 0 Å². The van der Waals surface area contributed by atoms with Gasteiger partial charge >= 0.3 is 6.03 Å². The van der Waals surface area contributed by atoms with Gasteiger partial charge in [0, 0.05) is 48.5 Å². The third-order valence-corrected chi connectivity index (χ3v) is 5.52. The molecule has 3 aromatic rings. The van der Waals surface area contributed by atoms with Gasteiger partial charge in [0.25, 0.3) is 0 Å². The van der Waals surface area contributed by atoms with Crippen LogP contribution in [0.2, 0.25) is 0 Å². The average molecular weight is 431 g/mol. The first-order valence-electron chi connectivity index (χ1n) is 10.6. The van der Waals surface area contributed by atoms with Gasteiger partial charge in [-0.3, -0.25) is 9.78 Å². The molecule has 0 aliphatic carbocycles. The fourth-order valence-electron chi connectivity index (χ4n) is 3.71. The third kappa shape index (κ3) is 5.40. The van der Waals surface area contributed by atoms with Gasteiger partial charge in [0.05, 0.1) is 6.20 Å². The van der Waals surface area contributed by atoms with E-state index in [-0.39, 0.29) is 17.9 Å². The Morgan fingerprint density at radius 1 is 0.938 bits per heavy atom. The quantitative estimate of drug-likeness (QED) is 0.561. The lowest BCUT2D eigenvalue weighted by atomic mass is 9.95. The van der Waals surface area contributed by atoms with E-state index >= 15 is 0 Å². The molecular weight excluding hydrogens is 404 g/mol. The van der Waals surface area contributed by atoms with Crippen LogP contribution in [0.3, 0.4) is 0 Å². The molecule has 0 atom stereocenters. The summed E-state index contributed by atoms with van der Waals surface area (Å²) < 4.78 is 0. The van der Waals surface area contributed by atoms with Crippen LogP contribution in [0.25, 0.3) is 0 Å². The molecule has 0 radical (unpaired) electrons. The summed E-state index contributed by atoms with van der Waals surface area (Å²) in [5.74, 6) is 0.771. The number of nitrogens with zero attached hydrogens (tertiary/aromatic N) is 3. The number of hydrogen-bond donors (Lipinski definition) is 3. The number of anilines is 4. The number of carbonyl (C=O) groups excluding carboxylic acids is 2. The van der Waals surface area contributed by atoms with Gasteiger partial charge in [-0.2, -0.15) is 0 Å². The highest BCUT2D eigenvalue weighted by Crippen LogP contribution is 2.25. The maximum atomic E-state index is 12.9. The summed E-state index contributed by atoms with van der Waals surface area (Å²) in [6.07, 6.45) is 6.58. The minimum Gasteiger partial charge on any atom is -0.355 e. The van der Waals surface area contributed by atoms with Gasteiger partial charge < -0.3 is 20.9 Å². The summed E-state index contributed by atoms with van der Waals surface area (Å²) in [5.41, 5.74) is 2.95. The molecule has 0 spiro atoms. The lowest BCUT2D eigenvalue weighted by molar-refractivity contribution is -0.120. The molecule has 1 saturated heterocycles. The van der Waals surface area contributed by atoms with Crippen molar-refractivity contribution in [3.63, 3.8) is 0 Å². The molecule has 0 saturated carbocycles. The van der Waals surface area contributed by atoms with E-state index in [2.05, 4.69) is 30.8 Å². The number of piperidine rings is 1. The Morgan fingerprint density at radius 3 is 2.41 bits per heavy atom. The van der Waals surface area contributed by atoms with Gasteiger partial charge in [-0.1, -0.05) is 24.3 Å². The van der Waals surface area contributed by atoms with Crippen LogP contribution < -0.4 is 20.9 Å². The Kier molecular flexibility index (Phi) is 6.60. The van der Waals surface area contributed by atoms with E-state index in [0.717, 1.165) is 37.3 Å². The molecule has 3 N–H and O–H groups in total. The maximum absolute atomic E-state index is 12.9. The zero-order chi connectivity index (χ0) is 22.3. The number of amides is 3. The molecular formula is C24H26N6O2. The number of hydrogen-bond acceptors (Lipinski definition) is 5. The van der Waals surface area contributed by atoms with E-state index in [1.807, 2.05) is 49.4 Å². The van der Waals surface area contributed by atoms with Crippen LogP contribution in [0.4, 0.5) is 27.7 Å². The molecule has 3 amide bonds. The number of urea groups is 1. The highest BCUT2D eigenvalue weighted by atomic mass is 16.2. The number of para-hydroxylation sites is 1. The average Bonchev–Trinajstić information content (AvgIpc) is 2.82. The van der Waals surface area contributed by atoms with Crippen LogP contribution >= 0.6 is 0 Å². The van der Waals surface area contributed by atoms with Crippen molar-refractivity contribution in [1.82, 2.24) is 9.97 Å². The van der Waals surface area contributed by atoms with Crippen LogP contribution in [0.5, 0.6) is 0 Å². The van der Waals surface area contributed by atoms with E-state index in [4.69, 9.17) is 0 Å². The largest absolute Gasteiger partial charge is 0.355 e. The fourth-order valence-corrected chi connectivity index (χ4v) is 3.71. The molecule has 2 aromatic carbocycles. The topological polar surface area (TPSA) is 99.2 Å². The van der Waals surface area contributed by atoms with E-state index < -0.39 is 0 Å². The predicted molar refractivity (Wildman–Crippen MR) is 126 cm³/mol. The number of benzene rings is 2. The Hall–Kier alpha value is -3.94. The van der Waals surface area contributed by atoms with Crippen LogP contribution in [0.1, 0.15) is 18.4 Å². The van der Waals surface area contributed by atoms with E-state index in [1.165, 1.54) is 0 Å². The van der Waals surface area contributed by atoms with Crippen molar-refractivity contribution in [2.75, 3.05) is 33.9 Å². The van der Waals surface area contributed by atoms with Crippen molar-refractivity contribution < 1.29 is 9.59 Å². The smallest absolute Gasteiger partial charge is 0.323 e. The SMILES string of the molecule is Cc1ccc(NC(=O)Nc2ccccc2)cc1NC(=O)C1CCN(c2cnccn2)CC1.